The average molecular weight is 356 g/mol. The van der Waals surface area contributed by atoms with Gasteiger partial charge in [0.15, 0.2) is 5.84 Å². The minimum absolute atomic E-state index is 0.140. The smallest absolute Gasteiger partial charge is 0.250 e. The zero-order chi connectivity index (χ0) is 13.9. The second-order valence-electron chi connectivity index (χ2n) is 3.93. The van der Waals surface area contributed by atoms with Crippen molar-refractivity contribution in [3.63, 3.8) is 0 Å². The van der Waals surface area contributed by atoms with Crippen LogP contribution in [0.25, 0.3) is 0 Å². The summed E-state index contributed by atoms with van der Waals surface area (Å²) in [7, 11) is -3.67. The number of hydrogen-bond donors (Lipinski definition) is 3. The second-order valence-corrected chi connectivity index (χ2v) is 8.33. The van der Waals surface area contributed by atoms with E-state index in [1.165, 1.54) is 6.07 Å². The summed E-state index contributed by atoms with van der Waals surface area (Å²) in [4.78, 5) is 0. The number of amidine groups is 1. The number of rotatable bonds is 5. The second kappa shape index (κ2) is 6.00. The molecular weight excluding hydrogens is 342 g/mol. The van der Waals surface area contributed by atoms with Gasteiger partial charge in [-0.2, -0.15) is 4.72 Å². The molecule has 102 valence electrons. The summed E-state index contributed by atoms with van der Waals surface area (Å²) in [5.41, 5.74) is 5.48. The maximum absolute atomic E-state index is 12.1. The summed E-state index contributed by atoms with van der Waals surface area (Å²) in [5.74, 6) is -0.303. The van der Waals surface area contributed by atoms with Crippen LogP contribution in [-0.2, 0) is 10.0 Å². The molecule has 0 radical (unpaired) electrons. The van der Waals surface area contributed by atoms with Crippen LogP contribution in [-0.4, -0.2) is 25.5 Å². The normalized spacial score (nSPS) is 15.0. The van der Waals surface area contributed by atoms with Crippen LogP contribution in [0.5, 0.6) is 0 Å². The van der Waals surface area contributed by atoms with Crippen LogP contribution in [0.4, 0.5) is 0 Å². The molecule has 0 aliphatic carbocycles. The number of nitrogens with two attached hydrogens (primary N) is 1. The van der Waals surface area contributed by atoms with Crippen molar-refractivity contribution in [2.24, 2.45) is 16.8 Å². The van der Waals surface area contributed by atoms with Crippen LogP contribution in [0, 0.1) is 5.92 Å². The third-order valence-electron chi connectivity index (χ3n) is 2.20. The van der Waals surface area contributed by atoms with Gasteiger partial charge in [-0.15, -0.1) is 11.3 Å². The summed E-state index contributed by atoms with van der Waals surface area (Å²) >= 11 is 4.29. The van der Waals surface area contributed by atoms with Gasteiger partial charge < -0.3 is 10.9 Å². The van der Waals surface area contributed by atoms with Crippen LogP contribution in [0.3, 0.4) is 0 Å². The number of halogens is 1. The molecule has 0 saturated heterocycles. The van der Waals surface area contributed by atoms with Crippen molar-refractivity contribution < 1.29 is 13.6 Å². The highest BCUT2D eigenvalue weighted by Gasteiger charge is 2.26. The van der Waals surface area contributed by atoms with Crippen LogP contribution in [0.2, 0.25) is 0 Å². The number of sulfonamides is 1. The van der Waals surface area contributed by atoms with E-state index in [0.717, 1.165) is 11.3 Å². The van der Waals surface area contributed by atoms with E-state index < -0.39 is 16.1 Å². The van der Waals surface area contributed by atoms with Crippen LogP contribution < -0.4 is 10.5 Å². The molecule has 6 nitrogen and oxygen atoms in total. The van der Waals surface area contributed by atoms with Crippen molar-refractivity contribution in [3.8, 4) is 0 Å². The SMILES string of the molecule is CC(C)C(NS(=O)(=O)c1ccc(Br)s1)C(N)=NO. The number of thiophene rings is 1. The summed E-state index contributed by atoms with van der Waals surface area (Å²) in [6.45, 7) is 3.55. The molecule has 0 bridgehead atoms. The predicted octanol–water partition coefficient (Wildman–Crippen LogP) is 1.56. The molecule has 0 aromatic carbocycles. The Bertz CT molecular complexity index is 539. The molecule has 0 saturated carbocycles. The molecule has 0 aliphatic heterocycles. The first-order chi connectivity index (χ1) is 8.27. The third kappa shape index (κ3) is 3.67. The lowest BCUT2D eigenvalue weighted by molar-refractivity contribution is 0.313. The highest BCUT2D eigenvalue weighted by Crippen LogP contribution is 2.26. The molecule has 1 heterocycles. The van der Waals surface area contributed by atoms with E-state index in [2.05, 4.69) is 25.8 Å². The van der Waals surface area contributed by atoms with E-state index in [4.69, 9.17) is 10.9 Å². The third-order valence-corrected chi connectivity index (χ3v) is 5.75. The van der Waals surface area contributed by atoms with Crippen molar-refractivity contribution in [1.29, 1.82) is 0 Å². The summed E-state index contributed by atoms with van der Waals surface area (Å²) in [6.07, 6.45) is 0. The average Bonchev–Trinajstić information content (AvgIpc) is 2.72. The van der Waals surface area contributed by atoms with Crippen molar-refractivity contribution >= 4 is 43.1 Å². The molecule has 0 fully saturated rings. The van der Waals surface area contributed by atoms with Crippen molar-refractivity contribution in [2.45, 2.75) is 24.1 Å². The van der Waals surface area contributed by atoms with E-state index in [1.54, 1.807) is 19.9 Å². The Labute approximate surface area is 118 Å². The molecule has 4 N–H and O–H groups in total. The highest BCUT2D eigenvalue weighted by atomic mass is 79.9. The Morgan fingerprint density at radius 1 is 1.56 bits per heavy atom. The lowest BCUT2D eigenvalue weighted by Crippen LogP contribution is -2.47. The molecule has 9 heteroatoms. The van der Waals surface area contributed by atoms with E-state index in [1.807, 2.05) is 0 Å². The Hall–Kier alpha value is -0.640. The van der Waals surface area contributed by atoms with Gasteiger partial charge in [0.25, 0.3) is 10.0 Å². The highest BCUT2D eigenvalue weighted by molar-refractivity contribution is 9.11. The quantitative estimate of drug-likeness (QED) is 0.322. The monoisotopic (exact) mass is 355 g/mol. The lowest BCUT2D eigenvalue weighted by Gasteiger charge is -2.20. The predicted molar refractivity (Wildman–Crippen MR) is 74.4 cm³/mol. The van der Waals surface area contributed by atoms with Crippen LogP contribution in [0.1, 0.15) is 13.8 Å². The fourth-order valence-corrected chi connectivity index (χ4v) is 4.65. The minimum Gasteiger partial charge on any atom is -0.409 e. The molecule has 1 aromatic heterocycles. The van der Waals surface area contributed by atoms with E-state index in [0.29, 0.717) is 3.79 Å². The molecule has 18 heavy (non-hydrogen) atoms. The van der Waals surface area contributed by atoms with E-state index in [9.17, 15) is 8.42 Å². The largest absolute Gasteiger partial charge is 0.409 e. The number of nitrogens with zero attached hydrogens (tertiary/aromatic N) is 1. The number of oxime groups is 1. The molecule has 0 spiro atoms. The Morgan fingerprint density at radius 2 is 2.17 bits per heavy atom. The van der Waals surface area contributed by atoms with E-state index in [-0.39, 0.29) is 16.0 Å². The number of hydrogen-bond acceptors (Lipinski definition) is 5. The standard InChI is InChI=1S/C9H14BrN3O3S2/c1-5(2)8(9(11)12-14)13-18(15,16)7-4-3-6(10)17-7/h3-5,8,13-14H,1-2H3,(H2,11,12). The number of nitrogens with one attached hydrogen (secondary N) is 1. The van der Waals surface area contributed by atoms with Crippen molar-refractivity contribution in [2.75, 3.05) is 0 Å². The van der Waals surface area contributed by atoms with Gasteiger partial charge >= 0.3 is 0 Å². The summed E-state index contributed by atoms with van der Waals surface area (Å²) in [6, 6.07) is 2.38. The van der Waals surface area contributed by atoms with Crippen LogP contribution in [0.15, 0.2) is 25.3 Å². The fourth-order valence-electron chi connectivity index (χ4n) is 1.27. The maximum Gasteiger partial charge on any atom is 0.250 e. The first kappa shape index (κ1) is 15.4. The van der Waals surface area contributed by atoms with Crippen molar-refractivity contribution in [1.82, 2.24) is 4.72 Å². The zero-order valence-corrected chi connectivity index (χ0v) is 13.0. The summed E-state index contributed by atoms with van der Waals surface area (Å²) < 4.78 is 27.4. The van der Waals surface area contributed by atoms with Gasteiger partial charge in [0.1, 0.15) is 4.21 Å². The first-order valence-corrected chi connectivity index (χ1v) is 8.12. The molecular formula is C9H14BrN3O3S2. The van der Waals surface area contributed by atoms with Gasteiger partial charge in [0.2, 0.25) is 0 Å². The van der Waals surface area contributed by atoms with E-state index >= 15 is 0 Å². The fraction of sp³-hybridized carbons (Fsp3) is 0.444. The minimum atomic E-state index is -3.67. The molecule has 1 atom stereocenters. The van der Waals surface area contributed by atoms with Gasteiger partial charge in [-0.05, 0) is 34.0 Å². The van der Waals surface area contributed by atoms with Gasteiger partial charge in [-0.25, -0.2) is 8.42 Å². The van der Waals surface area contributed by atoms with Crippen LogP contribution >= 0.6 is 27.3 Å². The Morgan fingerprint density at radius 3 is 2.56 bits per heavy atom. The zero-order valence-electron chi connectivity index (χ0n) is 9.79. The molecule has 0 amide bonds. The maximum atomic E-state index is 12.1. The van der Waals surface area contributed by atoms with Gasteiger partial charge in [-0.3, -0.25) is 0 Å². The molecule has 1 aromatic rings. The van der Waals surface area contributed by atoms with Gasteiger partial charge in [0.05, 0.1) is 9.83 Å². The lowest BCUT2D eigenvalue weighted by atomic mass is 10.1. The Kier molecular flexibility index (Phi) is 5.14. The topological polar surface area (TPSA) is 105 Å². The summed E-state index contributed by atoms with van der Waals surface area (Å²) in [5, 5.41) is 11.5. The molecule has 1 unspecified atom stereocenters. The van der Waals surface area contributed by atoms with Gasteiger partial charge in [-0.1, -0.05) is 19.0 Å². The first-order valence-electron chi connectivity index (χ1n) is 5.03. The van der Waals surface area contributed by atoms with Gasteiger partial charge in [0, 0.05) is 0 Å². The van der Waals surface area contributed by atoms with Crippen molar-refractivity contribution in [3.05, 3.63) is 15.9 Å². The molecule has 1 rings (SSSR count). The molecule has 0 aliphatic rings. The Balaban J connectivity index is 3.00.